The van der Waals surface area contributed by atoms with Crippen molar-refractivity contribution in [2.45, 2.75) is 13.0 Å². The van der Waals surface area contributed by atoms with Crippen LogP contribution in [0.5, 0.6) is 0 Å². The first-order valence-corrected chi connectivity index (χ1v) is 4.96. The molecule has 1 aromatic carbocycles. The van der Waals surface area contributed by atoms with E-state index in [0.29, 0.717) is 0 Å². The fraction of sp³-hybridized carbons (Fsp3) is 0.273. The molecule has 0 spiro atoms. The maximum Gasteiger partial charge on any atom is 0.339 e. The molecule has 1 aromatic rings. The van der Waals surface area contributed by atoms with Gasteiger partial charge in [-0.2, -0.15) is 0 Å². The number of carbonyl (C=O) groups excluding carboxylic acids is 1. The van der Waals surface area contributed by atoms with E-state index in [1.807, 2.05) is 0 Å². The number of carboxylic acid groups (broad SMARTS) is 1. The van der Waals surface area contributed by atoms with Crippen LogP contribution in [0.4, 0.5) is 8.78 Å². The highest BCUT2D eigenvalue weighted by Crippen LogP contribution is 2.23. The molecule has 0 aromatic heterocycles. The Hall–Kier alpha value is -2.02. The van der Waals surface area contributed by atoms with Crippen molar-refractivity contribution in [3.63, 3.8) is 0 Å². The van der Waals surface area contributed by atoms with Gasteiger partial charge in [0.1, 0.15) is 0 Å². The number of aliphatic hydroxyl groups excluding tert-OH is 1. The maximum absolute atomic E-state index is 13.5. The van der Waals surface area contributed by atoms with Gasteiger partial charge in [0.2, 0.25) is 0 Å². The molecular formula is C11H10F2O5. The van der Waals surface area contributed by atoms with Crippen LogP contribution in [0.2, 0.25) is 0 Å². The maximum atomic E-state index is 13.5. The minimum atomic E-state index is -2.00. The monoisotopic (exact) mass is 260 g/mol. The smallest absolute Gasteiger partial charge is 0.339 e. The van der Waals surface area contributed by atoms with E-state index >= 15 is 0 Å². The standard InChI is InChI=1S/C11H10F2O5/c1-2-18-11(17)9(14)5-3-4-6(10(15)16)8(13)7(5)12/h3-4,9,14H,2H2,1H3,(H,15,16). The van der Waals surface area contributed by atoms with Crippen molar-refractivity contribution in [1.29, 1.82) is 0 Å². The van der Waals surface area contributed by atoms with Gasteiger partial charge in [0.25, 0.3) is 0 Å². The van der Waals surface area contributed by atoms with Crippen molar-refractivity contribution in [2.24, 2.45) is 0 Å². The Morgan fingerprint density at radius 2 is 1.94 bits per heavy atom. The Morgan fingerprint density at radius 1 is 1.33 bits per heavy atom. The summed E-state index contributed by atoms with van der Waals surface area (Å²) in [7, 11) is 0. The minimum Gasteiger partial charge on any atom is -0.478 e. The van der Waals surface area contributed by atoms with E-state index in [2.05, 4.69) is 4.74 Å². The summed E-state index contributed by atoms with van der Waals surface area (Å²) in [6, 6.07) is 1.59. The number of hydrogen-bond donors (Lipinski definition) is 2. The van der Waals surface area contributed by atoms with E-state index in [1.165, 1.54) is 6.92 Å². The molecule has 0 aliphatic rings. The molecule has 0 saturated heterocycles. The second-order valence-corrected chi connectivity index (χ2v) is 3.29. The SMILES string of the molecule is CCOC(=O)C(O)c1ccc(C(=O)O)c(F)c1F. The third kappa shape index (κ3) is 2.62. The van der Waals surface area contributed by atoms with Gasteiger partial charge in [-0.25, -0.2) is 18.4 Å². The van der Waals surface area contributed by atoms with E-state index in [9.17, 15) is 23.5 Å². The molecule has 0 aliphatic heterocycles. The highest BCUT2D eigenvalue weighted by Gasteiger charge is 2.26. The first kappa shape index (κ1) is 14.0. The molecule has 0 saturated carbocycles. The van der Waals surface area contributed by atoms with Crippen LogP contribution in [0.3, 0.4) is 0 Å². The average Bonchev–Trinajstić information content (AvgIpc) is 2.31. The van der Waals surface area contributed by atoms with Crippen LogP contribution < -0.4 is 0 Å². The Morgan fingerprint density at radius 3 is 2.44 bits per heavy atom. The first-order valence-electron chi connectivity index (χ1n) is 4.96. The number of ether oxygens (including phenoxy) is 1. The summed E-state index contributed by atoms with van der Waals surface area (Å²) in [4.78, 5) is 21.7. The molecule has 0 heterocycles. The summed E-state index contributed by atoms with van der Waals surface area (Å²) >= 11 is 0. The number of carbonyl (C=O) groups is 2. The highest BCUT2D eigenvalue weighted by atomic mass is 19.2. The second kappa shape index (κ2) is 5.54. The molecule has 0 bridgehead atoms. The van der Waals surface area contributed by atoms with Crippen LogP contribution in [-0.2, 0) is 9.53 Å². The van der Waals surface area contributed by atoms with E-state index in [1.54, 1.807) is 0 Å². The molecule has 0 aliphatic carbocycles. The molecule has 0 radical (unpaired) electrons. The number of hydrogen-bond acceptors (Lipinski definition) is 4. The van der Waals surface area contributed by atoms with Crippen molar-refractivity contribution >= 4 is 11.9 Å². The van der Waals surface area contributed by atoms with Crippen molar-refractivity contribution in [2.75, 3.05) is 6.61 Å². The van der Waals surface area contributed by atoms with Gasteiger partial charge in [0, 0.05) is 5.56 Å². The Balaban J connectivity index is 3.16. The average molecular weight is 260 g/mol. The molecule has 5 nitrogen and oxygen atoms in total. The van der Waals surface area contributed by atoms with Crippen molar-refractivity contribution < 1.29 is 33.3 Å². The van der Waals surface area contributed by atoms with Crippen LogP contribution in [0.25, 0.3) is 0 Å². The first-order chi connectivity index (χ1) is 8.40. The van der Waals surface area contributed by atoms with Gasteiger partial charge in [-0.1, -0.05) is 6.07 Å². The van der Waals surface area contributed by atoms with Gasteiger partial charge in [-0.15, -0.1) is 0 Å². The lowest BCUT2D eigenvalue weighted by atomic mass is 10.1. The summed E-state index contributed by atoms with van der Waals surface area (Å²) in [6.07, 6.45) is -2.00. The van der Waals surface area contributed by atoms with Gasteiger partial charge in [-0.05, 0) is 13.0 Å². The largest absolute Gasteiger partial charge is 0.478 e. The molecule has 18 heavy (non-hydrogen) atoms. The molecule has 7 heteroatoms. The lowest BCUT2D eigenvalue weighted by molar-refractivity contribution is -0.153. The Kier molecular flexibility index (Phi) is 4.33. The third-order valence-electron chi connectivity index (χ3n) is 2.15. The van der Waals surface area contributed by atoms with E-state index < -0.39 is 40.8 Å². The van der Waals surface area contributed by atoms with Gasteiger partial charge in [0.15, 0.2) is 17.7 Å². The number of aromatic carboxylic acids is 1. The zero-order valence-electron chi connectivity index (χ0n) is 9.31. The zero-order valence-corrected chi connectivity index (χ0v) is 9.31. The van der Waals surface area contributed by atoms with Crippen molar-refractivity contribution in [3.05, 3.63) is 34.9 Å². The lowest BCUT2D eigenvalue weighted by Crippen LogP contribution is -2.18. The molecule has 1 unspecified atom stereocenters. The number of halogens is 2. The third-order valence-corrected chi connectivity index (χ3v) is 2.15. The van der Waals surface area contributed by atoms with Crippen LogP contribution in [0, 0.1) is 11.6 Å². The molecule has 2 N–H and O–H groups in total. The quantitative estimate of drug-likeness (QED) is 0.796. The normalized spacial score (nSPS) is 12.0. The Labute approximate surface area is 101 Å². The number of benzene rings is 1. The van der Waals surface area contributed by atoms with Crippen molar-refractivity contribution in [1.82, 2.24) is 0 Å². The van der Waals surface area contributed by atoms with Crippen molar-refractivity contribution in [3.8, 4) is 0 Å². The summed E-state index contributed by atoms with van der Waals surface area (Å²) < 4.78 is 31.2. The summed E-state index contributed by atoms with van der Waals surface area (Å²) in [5.41, 5.74) is -1.55. The van der Waals surface area contributed by atoms with Gasteiger partial charge < -0.3 is 14.9 Å². The molecule has 0 amide bonds. The number of aliphatic hydroxyl groups is 1. The van der Waals surface area contributed by atoms with Crippen LogP contribution in [0.15, 0.2) is 12.1 Å². The summed E-state index contributed by atoms with van der Waals surface area (Å²) in [5.74, 6) is -6.01. The minimum absolute atomic E-state index is 0.0345. The predicted molar refractivity (Wildman–Crippen MR) is 54.9 cm³/mol. The molecule has 0 fully saturated rings. The molecule has 98 valence electrons. The summed E-state index contributed by atoms with van der Waals surface area (Å²) in [6.45, 7) is 1.45. The number of rotatable bonds is 4. The van der Waals surface area contributed by atoms with E-state index in [0.717, 1.165) is 12.1 Å². The summed E-state index contributed by atoms with van der Waals surface area (Å²) in [5, 5.41) is 18.0. The second-order valence-electron chi connectivity index (χ2n) is 3.29. The van der Waals surface area contributed by atoms with Crippen LogP contribution >= 0.6 is 0 Å². The predicted octanol–water partition coefficient (Wildman–Crippen LogP) is 1.26. The fourth-order valence-corrected chi connectivity index (χ4v) is 1.29. The highest BCUT2D eigenvalue weighted by molar-refractivity contribution is 5.88. The van der Waals surface area contributed by atoms with Gasteiger partial charge in [0.05, 0.1) is 12.2 Å². The topological polar surface area (TPSA) is 83.8 Å². The fourth-order valence-electron chi connectivity index (χ4n) is 1.29. The van der Waals surface area contributed by atoms with Crippen LogP contribution in [-0.4, -0.2) is 28.8 Å². The zero-order chi connectivity index (χ0) is 13.9. The van der Waals surface area contributed by atoms with Gasteiger partial charge in [-0.3, -0.25) is 0 Å². The lowest BCUT2D eigenvalue weighted by Gasteiger charge is -2.11. The number of carboxylic acids is 1. The van der Waals surface area contributed by atoms with Gasteiger partial charge >= 0.3 is 11.9 Å². The van der Waals surface area contributed by atoms with E-state index in [4.69, 9.17) is 5.11 Å². The Bertz CT molecular complexity index is 487. The molecule has 1 rings (SSSR count). The van der Waals surface area contributed by atoms with E-state index in [-0.39, 0.29) is 6.61 Å². The molecular weight excluding hydrogens is 250 g/mol. The number of esters is 1. The van der Waals surface area contributed by atoms with Crippen LogP contribution in [0.1, 0.15) is 28.9 Å². The molecule has 1 atom stereocenters.